The Morgan fingerprint density at radius 2 is 1.93 bits per heavy atom. The monoisotopic (exact) mass is 413 g/mol. The minimum atomic E-state index is -0.816. The number of aryl methyl sites for hydroxylation is 1. The van der Waals surface area contributed by atoms with E-state index < -0.39 is 17.7 Å². The van der Waals surface area contributed by atoms with E-state index in [1.165, 1.54) is 4.90 Å². The van der Waals surface area contributed by atoms with Gasteiger partial charge in [-0.25, -0.2) is 0 Å². The van der Waals surface area contributed by atoms with Gasteiger partial charge in [0.2, 0.25) is 0 Å². The van der Waals surface area contributed by atoms with Crippen molar-refractivity contribution in [2.24, 2.45) is 0 Å². The molecule has 1 atom stereocenters. The van der Waals surface area contributed by atoms with Crippen LogP contribution in [0.4, 0.5) is 0 Å². The van der Waals surface area contributed by atoms with Gasteiger partial charge >= 0.3 is 0 Å². The molecule has 0 bridgehead atoms. The Kier molecular flexibility index (Phi) is 5.50. The van der Waals surface area contributed by atoms with Gasteiger partial charge < -0.3 is 28.6 Å². The lowest BCUT2D eigenvalue weighted by molar-refractivity contribution is -0.140. The molecule has 4 rings (SSSR count). The lowest BCUT2D eigenvalue weighted by Gasteiger charge is -2.23. The highest BCUT2D eigenvalue weighted by atomic mass is 16.6. The van der Waals surface area contributed by atoms with Gasteiger partial charge in [0.15, 0.2) is 11.5 Å². The second kappa shape index (κ2) is 8.23. The molecule has 1 aromatic carbocycles. The molecule has 0 spiro atoms. The second-order valence-electron chi connectivity index (χ2n) is 7.15. The number of hydrogen-bond acceptors (Lipinski definition) is 7. The first-order valence-corrected chi connectivity index (χ1v) is 9.75. The van der Waals surface area contributed by atoms with E-state index in [1.807, 2.05) is 0 Å². The van der Waals surface area contributed by atoms with E-state index in [2.05, 4.69) is 0 Å². The molecule has 158 valence electrons. The molecule has 1 saturated heterocycles. The van der Waals surface area contributed by atoms with Crippen molar-refractivity contribution in [1.82, 2.24) is 4.90 Å². The van der Waals surface area contributed by atoms with Crippen LogP contribution in [0.15, 0.2) is 40.3 Å². The van der Waals surface area contributed by atoms with Crippen molar-refractivity contribution < 1.29 is 33.3 Å². The van der Waals surface area contributed by atoms with Crippen LogP contribution >= 0.6 is 0 Å². The summed E-state index contributed by atoms with van der Waals surface area (Å²) in [6.07, 6.45) is 0.545. The van der Waals surface area contributed by atoms with Crippen LogP contribution in [-0.4, -0.2) is 55.2 Å². The number of carbonyl (C=O) groups is 2. The highest BCUT2D eigenvalue weighted by Crippen LogP contribution is 2.41. The van der Waals surface area contributed by atoms with E-state index >= 15 is 0 Å². The zero-order valence-electron chi connectivity index (χ0n) is 16.8. The summed E-state index contributed by atoms with van der Waals surface area (Å²) in [5.74, 6) is 0.401. The summed E-state index contributed by atoms with van der Waals surface area (Å²) in [6.45, 7) is 3.35. The van der Waals surface area contributed by atoms with Crippen molar-refractivity contribution in [3.05, 3.63) is 53.0 Å². The molecule has 1 N–H and O–H groups in total. The molecular formula is C22H23NO7. The molecule has 3 heterocycles. The number of amides is 1. The van der Waals surface area contributed by atoms with E-state index in [4.69, 9.17) is 18.6 Å². The SMILES string of the molecule is COCCCN1C(=O)C(=O)C(=C(O)c2ccc3c(c2)OCCO3)[C@H]1c1ccc(C)o1. The predicted octanol–water partition coefficient (Wildman–Crippen LogP) is 2.82. The number of rotatable bonds is 6. The van der Waals surface area contributed by atoms with Crippen LogP contribution < -0.4 is 9.47 Å². The summed E-state index contributed by atoms with van der Waals surface area (Å²) >= 11 is 0. The lowest BCUT2D eigenvalue weighted by Crippen LogP contribution is -2.31. The third kappa shape index (κ3) is 3.54. The molecule has 30 heavy (non-hydrogen) atoms. The number of hydrogen-bond donors (Lipinski definition) is 1. The molecule has 1 aromatic heterocycles. The number of nitrogens with zero attached hydrogens (tertiary/aromatic N) is 1. The fourth-order valence-electron chi connectivity index (χ4n) is 3.73. The lowest BCUT2D eigenvalue weighted by atomic mass is 9.99. The van der Waals surface area contributed by atoms with Crippen molar-refractivity contribution in [3.63, 3.8) is 0 Å². The van der Waals surface area contributed by atoms with Gasteiger partial charge in [0, 0.05) is 25.8 Å². The van der Waals surface area contributed by atoms with Gasteiger partial charge in [0.05, 0.1) is 5.57 Å². The highest BCUT2D eigenvalue weighted by Gasteiger charge is 2.47. The Morgan fingerprint density at radius 1 is 1.17 bits per heavy atom. The smallest absolute Gasteiger partial charge is 0.295 e. The first-order valence-electron chi connectivity index (χ1n) is 9.75. The van der Waals surface area contributed by atoms with Gasteiger partial charge in [0.25, 0.3) is 11.7 Å². The highest BCUT2D eigenvalue weighted by molar-refractivity contribution is 6.46. The molecule has 0 radical (unpaired) electrons. The van der Waals surface area contributed by atoms with E-state index in [0.29, 0.717) is 61.4 Å². The number of Topliss-reactive ketones (excluding diaryl/α,β-unsaturated/α-hetero) is 1. The van der Waals surface area contributed by atoms with Crippen LogP contribution in [0, 0.1) is 6.92 Å². The van der Waals surface area contributed by atoms with Gasteiger partial charge in [-0.3, -0.25) is 9.59 Å². The number of carbonyl (C=O) groups excluding carboxylic acids is 2. The van der Waals surface area contributed by atoms with Crippen molar-refractivity contribution in [3.8, 4) is 11.5 Å². The Balaban J connectivity index is 1.78. The number of furan rings is 1. The largest absolute Gasteiger partial charge is 0.507 e. The molecule has 8 heteroatoms. The summed E-state index contributed by atoms with van der Waals surface area (Å²) in [5.41, 5.74) is 0.353. The minimum absolute atomic E-state index is 0.0107. The average molecular weight is 413 g/mol. The van der Waals surface area contributed by atoms with Gasteiger partial charge in [-0.2, -0.15) is 0 Å². The summed E-state index contributed by atoms with van der Waals surface area (Å²) in [5, 5.41) is 11.1. The molecule has 1 fully saturated rings. The van der Waals surface area contributed by atoms with Crippen molar-refractivity contribution in [2.45, 2.75) is 19.4 Å². The normalized spacial score (nSPS) is 20.1. The maximum Gasteiger partial charge on any atom is 0.295 e. The molecule has 0 saturated carbocycles. The molecule has 2 aliphatic rings. The van der Waals surface area contributed by atoms with Gasteiger partial charge in [-0.05, 0) is 43.7 Å². The van der Waals surface area contributed by atoms with Crippen molar-refractivity contribution >= 4 is 17.4 Å². The molecule has 1 amide bonds. The van der Waals surface area contributed by atoms with Crippen LogP contribution in [0.2, 0.25) is 0 Å². The number of fused-ring (bicyclic) bond motifs is 1. The fraction of sp³-hybridized carbons (Fsp3) is 0.364. The summed E-state index contributed by atoms with van der Waals surface area (Å²) < 4.78 is 21.9. The Bertz CT molecular complexity index is 1010. The number of ketones is 1. The topological polar surface area (TPSA) is 98.4 Å². The first-order chi connectivity index (χ1) is 14.5. The Hall–Kier alpha value is -3.26. The van der Waals surface area contributed by atoms with E-state index in [1.54, 1.807) is 44.4 Å². The number of aliphatic hydroxyl groups excluding tert-OH is 1. The zero-order chi connectivity index (χ0) is 21.3. The number of ether oxygens (including phenoxy) is 3. The summed E-state index contributed by atoms with van der Waals surface area (Å²) in [7, 11) is 1.57. The first kappa shape index (κ1) is 20.0. The maximum atomic E-state index is 12.9. The Morgan fingerprint density at radius 3 is 2.63 bits per heavy atom. The molecule has 0 unspecified atom stereocenters. The molecule has 2 aliphatic heterocycles. The number of aliphatic hydroxyl groups is 1. The van der Waals surface area contributed by atoms with E-state index in [0.717, 1.165) is 0 Å². The van der Waals surface area contributed by atoms with E-state index in [-0.39, 0.29) is 11.3 Å². The third-order valence-electron chi connectivity index (χ3n) is 5.13. The quantitative estimate of drug-likeness (QED) is 0.336. The van der Waals surface area contributed by atoms with Crippen molar-refractivity contribution in [1.29, 1.82) is 0 Å². The number of methoxy groups -OCH3 is 1. The maximum absolute atomic E-state index is 12.9. The minimum Gasteiger partial charge on any atom is -0.507 e. The summed E-state index contributed by atoms with van der Waals surface area (Å²) in [6, 6.07) is 7.56. The van der Waals surface area contributed by atoms with Crippen LogP contribution in [0.25, 0.3) is 5.76 Å². The fourth-order valence-corrected chi connectivity index (χ4v) is 3.73. The number of likely N-dealkylation sites (tertiary alicyclic amines) is 1. The van der Waals surface area contributed by atoms with Crippen LogP contribution in [-0.2, 0) is 14.3 Å². The van der Waals surface area contributed by atoms with Crippen molar-refractivity contribution in [2.75, 3.05) is 33.5 Å². The molecular weight excluding hydrogens is 390 g/mol. The predicted molar refractivity (Wildman–Crippen MR) is 106 cm³/mol. The average Bonchev–Trinajstić information content (AvgIpc) is 3.29. The van der Waals surface area contributed by atoms with Gasteiger partial charge in [-0.1, -0.05) is 0 Å². The molecule has 2 aromatic rings. The van der Waals surface area contributed by atoms with Crippen LogP contribution in [0.5, 0.6) is 11.5 Å². The van der Waals surface area contributed by atoms with Crippen LogP contribution in [0.3, 0.4) is 0 Å². The Labute approximate surface area is 173 Å². The number of benzene rings is 1. The molecule has 0 aliphatic carbocycles. The second-order valence-corrected chi connectivity index (χ2v) is 7.15. The van der Waals surface area contributed by atoms with E-state index in [9.17, 15) is 14.7 Å². The molecule has 8 nitrogen and oxygen atoms in total. The third-order valence-corrected chi connectivity index (χ3v) is 5.13. The van der Waals surface area contributed by atoms with Gasteiger partial charge in [0.1, 0.15) is 36.5 Å². The zero-order valence-corrected chi connectivity index (χ0v) is 16.8. The van der Waals surface area contributed by atoms with Crippen LogP contribution in [0.1, 0.15) is 29.5 Å². The standard InChI is InChI=1S/C22H23NO7/c1-13-4-6-16(30-13)19-18(21(25)22(26)23(19)8-3-9-27-2)20(24)14-5-7-15-17(12-14)29-11-10-28-15/h4-7,12,19,24H,3,8-11H2,1-2H3/t19-/m1/s1. The summed E-state index contributed by atoms with van der Waals surface area (Å²) in [4.78, 5) is 27.1. The van der Waals surface area contributed by atoms with Gasteiger partial charge in [-0.15, -0.1) is 0 Å².